The third-order valence-electron chi connectivity index (χ3n) is 3.83. The zero-order valence-electron chi connectivity index (χ0n) is 12.6. The average molecular weight is 349 g/mol. The highest BCUT2D eigenvalue weighted by Gasteiger charge is 2.21. The van der Waals surface area contributed by atoms with Crippen LogP contribution in [0.5, 0.6) is 0 Å². The van der Waals surface area contributed by atoms with Crippen LogP contribution >= 0.6 is 23.1 Å². The highest BCUT2D eigenvalue weighted by Crippen LogP contribution is 2.22. The predicted molar refractivity (Wildman–Crippen MR) is 89.2 cm³/mol. The van der Waals surface area contributed by atoms with Gasteiger partial charge in [0.25, 0.3) is 0 Å². The fourth-order valence-corrected chi connectivity index (χ4v) is 3.37. The van der Waals surface area contributed by atoms with Gasteiger partial charge in [-0.25, -0.2) is 0 Å². The molecule has 7 heteroatoms. The second kappa shape index (κ2) is 7.84. The highest BCUT2D eigenvalue weighted by atomic mass is 35.5. The van der Waals surface area contributed by atoms with Crippen LogP contribution in [-0.2, 0) is 17.8 Å². The van der Waals surface area contributed by atoms with Crippen molar-refractivity contribution < 1.29 is 4.74 Å². The van der Waals surface area contributed by atoms with E-state index < -0.39 is 0 Å². The zero-order chi connectivity index (χ0) is 16.1. The van der Waals surface area contributed by atoms with Crippen molar-refractivity contribution in [2.45, 2.75) is 32.0 Å². The van der Waals surface area contributed by atoms with Crippen molar-refractivity contribution in [3.8, 4) is 6.07 Å². The molecule has 1 aliphatic heterocycles. The van der Waals surface area contributed by atoms with Gasteiger partial charge in [0, 0.05) is 37.8 Å². The van der Waals surface area contributed by atoms with Crippen LogP contribution in [0, 0.1) is 11.3 Å². The number of rotatable bonds is 6. The first-order valence-electron chi connectivity index (χ1n) is 7.54. The smallest absolute Gasteiger partial charge is 0.138 e. The average Bonchev–Trinajstić information content (AvgIpc) is 3.20. The van der Waals surface area contributed by atoms with Crippen LogP contribution in [0.2, 0.25) is 4.34 Å². The lowest BCUT2D eigenvalue weighted by atomic mass is 10.1. The van der Waals surface area contributed by atoms with E-state index in [2.05, 4.69) is 20.6 Å². The van der Waals surface area contributed by atoms with Crippen molar-refractivity contribution >= 4 is 23.1 Å². The molecule has 0 spiro atoms. The topological polar surface area (TPSA) is 62.0 Å². The third-order valence-corrected chi connectivity index (χ3v) is 4.82. The van der Waals surface area contributed by atoms with Crippen molar-refractivity contribution in [1.29, 1.82) is 5.26 Å². The largest absolute Gasteiger partial charge is 0.377 e. The minimum absolute atomic E-state index is 0.250. The molecule has 0 saturated carbocycles. The van der Waals surface area contributed by atoms with E-state index in [1.807, 2.05) is 24.3 Å². The molecule has 1 unspecified atom stereocenters. The number of nitriles is 1. The van der Waals surface area contributed by atoms with Crippen LogP contribution < -0.4 is 0 Å². The van der Waals surface area contributed by atoms with Crippen LogP contribution in [0.3, 0.4) is 0 Å². The number of halogens is 1. The van der Waals surface area contributed by atoms with Gasteiger partial charge in [0.1, 0.15) is 10.0 Å². The summed E-state index contributed by atoms with van der Waals surface area (Å²) in [6, 6.07) is 9.86. The molecule has 1 aliphatic rings. The van der Waals surface area contributed by atoms with Gasteiger partial charge < -0.3 is 4.74 Å². The van der Waals surface area contributed by atoms with Gasteiger partial charge in [0.2, 0.25) is 0 Å². The summed E-state index contributed by atoms with van der Waals surface area (Å²) < 4.78 is 10.3. The first-order valence-corrected chi connectivity index (χ1v) is 8.69. The quantitative estimate of drug-likeness (QED) is 0.801. The molecule has 120 valence electrons. The Kier molecular flexibility index (Phi) is 5.57. The minimum Gasteiger partial charge on any atom is -0.377 e. The lowest BCUT2D eigenvalue weighted by Gasteiger charge is -2.24. The molecule has 1 aromatic carbocycles. The van der Waals surface area contributed by atoms with Crippen molar-refractivity contribution in [3.05, 3.63) is 45.4 Å². The lowest BCUT2D eigenvalue weighted by molar-refractivity contribution is 0.0675. The van der Waals surface area contributed by atoms with Gasteiger partial charge in [0.15, 0.2) is 0 Å². The maximum absolute atomic E-state index is 9.05. The van der Waals surface area contributed by atoms with E-state index in [1.165, 1.54) is 11.5 Å². The van der Waals surface area contributed by atoms with E-state index in [0.717, 1.165) is 43.8 Å². The summed E-state index contributed by atoms with van der Waals surface area (Å²) in [6.45, 7) is 3.02. The number of ether oxygens (including phenoxy) is 1. The molecule has 0 amide bonds. The van der Waals surface area contributed by atoms with E-state index in [-0.39, 0.29) is 6.10 Å². The Morgan fingerprint density at radius 3 is 3.04 bits per heavy atom. The molecule has 1 atom stereocenters. The second-order valence-electron chi connectivity index (χ2n) is 5.61. The Hall–Kier alpha value is -1.52. The molecule has 0 aliphatic carbocycles. The number of nitrogens with zero attached hydrogens (tertiary/aromatic N) is 4. The third kappa shape index (κ3) is 4.49. The van der Waals surface area contributed by atoms with Crippen LogP contribution in [0.4, 0.5) is 0 Å². The van der Waals surface area contributed by atoms with Gasteiger partial charge in [0.05, 0.1) is 17.7 Å². The van der Waals surface area contributed by atoms with Crippen LogP contribution in [0.25, 0.3) is 0 Å². The van der Waals surface area contributed by atoms with E-state index in [4.69, 9.17) is 21.6 Å². The van der Waals surface area contributed by atoms with Crippen molar-refractivity contribution in [1.82, 2.24) is 14.5 Å². The monoisotopic (exact) mass is 348 g/mol. The Balaban J connectivity index is 1.73. The van der Waals surface area contributed by atoms with Crippen LogP contribution in [0.1, 0.15) is 29.7 Å². The van der Waals surface area contributed by atoms with Crippen molar-refractivity contribution in [2.24, 2.45) is 0 Å². The maximum Gasteiger partial charge on any atom is 0.138 e. The molecular formula is C16H17ClN4OS. The molecule has 23 heavy (non-hydrogen) atoms. The normalized spacial score (nSPS) is 17.5. The summed E-state index contributed by atoms with van der Waals surface area (Å²) >= 11 is 7.35. The number of hydrogen-bond donors (Lipinski definition) is 0. The Labute approximate surface area is 144 Å². The fraction of sp³-hybridized carbons (Fsp3) is 0.438. The van der Waals surface area contributed by atoms with Gasteiger partial charge in [-0.3, -0.25) is 4.90 Å². The van der Waals surface area contributed by atoms with Crippen molar-refractivity contribution in [2.75, 3.05) is 13.2 Å². The van der Waals surface area contributed by atoms with Gasteiger partial charge >= 0.3 is 0 Å². The molecule has 0 radical (unpaired) electrons. The van der Waals surface area contributed by atoms with Gasteiger partial charge in [-0.15, -0.1) is 5.10 Å². The summed E-state index contributed by atoms with van der Waals surface area (Å²) in [5.74, 6) is 0. The molecule has 3 rings (SSSR count). The first kappa shape index (κ1) is 16.3. The molecule has 1 fully saturated rings. The summed E-state index contributed by atoms with van der Waals surface area (Å²) in [5, 5.41) is 13.2. The van der Waals surface area contributed by atoms with Crippen LogP contribution in [0.15, 0.2) is 24.3 Å². The Bertz CT molecular complexity index is 693. The van der Waals surface area contributed by atoms with E-state index in [9.17, 15) is 0 Å². The summed E-state index contributed by atoms with van der Waals surface area (Å²) in [5.41, 5.74) is 2.57. The standard InChI is InChI=1S/C16H17ClN4OS/c17-16-15(19-20-23-16)11-21(10-14-5-2-6-22-14)9-13-4-1-3-12(7-13)8-18/h1,3-4,7,14H,2,5-6,9-11H2. The second-order valence-corrected chi connectivity index (χ2v) is 6.97. The summed E-state index contributed by atoms with van der Waals surface area (Å²) in [4.78, 5) is 2.26. The molecule has 1 aromatic heterocycles. The van der Waals surface area contributed by atoms with E-state index in [0.29, 0.717) is 16.4 Å². The molecule has 2 heterocycles. The summed E-state index contributed by atoms with van der Waals surface area (Å²) in [6.07, 6.45) is 2.44. The first-order chi connectivity index (χ1) is 11.2. The van der Waals surface area contributed by atoms with E-state index >= 15 is 0 Å². The molecule has 0 N–H and O–H groups in total. The molecule has 1 saturated heterocycles. The maximum atomic E-state index is 9.05. The van der Waals surface area contributed by atoms with E-state index in [1.54, 1.807) is 0 Å². The predicted octanol–water partition coefficient (Wildman–Crippen LogP) is 3.24. The van der Waals surface area contributed by atoms with Gasteiger partial charge in [-0.2, -0.15) is 5.26 Å². The molecule has 5 nitrogen and oxygen atoms in total. The Morgan fingerprint density at radius 1 is 1.43 bits per heavy atom. The number of aromatic nitrogens is 2. The van der Waals surface area contributed by atoms with Crippen LogP contribution in [-0.4, -0.2) is 33.7 Å². The molecule has 0 bridgehead atoms. The van der Waals surface area contributed by atoms with Crippen molar-refractivity contribution in [3.63, 3.8) is 0 Å². The molecule has 2 aromatic rings. The summed E-state index contributed by atoms with van der Waals surface area (Å²) in [7, 11) is 0. The van der Waals surface area contributed by atoms with Gasteiger partial charge in [-0.05, 0) is 30.5 Å². The molecular weight excluding hydrogens is 332 g/mol. The number of hydrogen-bond acceptors (Lipinski definition) is 6. The minimum atomic E-state index is 0.250. The Morgan fingerprint density at radius 2 is 2.35 bits per heavy atom. The number of benzene rings is 1. The fourth-order valence-electron chi connectivity index (χ4n) is 2.76. The SMILES string of the molecule is N#Cc1cccc(CN(Cc2nnsc2Cl)CC2CCCO2)c1. The zero-order valence-corrected chi connectivity index (χ0v) is 14.2. The van der Waals surface area contributed by atoms with Gasteiger partial charge in [-0.1, -0.05) is 28.2 Å². The lowest BCUT2D eigenvalue weighted by Crippen LogP contribution is -2.31. The highest BCUT2D eigenvalue weighted by molar-refractivity contribution is 7.10.